The Hall–Kier alpha value is -3.24. The summed E-state index contributed by atoms with van der Waals surface area (Å²) < 4.78 is 27.0. The van der Waals surface area contributed by atoms with E-state index in [1.54, 1.807) is 47.9 Å². The monoisotopic (exact) mass is 469 g/mol. The van der Waals surface area contributed by atoms with Crippen LogP contribution in [-0.4, -0.2) is 35.3 Å². The number of nitrogens with one attached hydrogen (secondary N) is 2. The lowest BCUT2D eigenvalue weighted by molar-refractivity contribution is 0.102. The number of pyridine rings is 1. The fraction of sp³-hybridized carbons (Fsp3) is 0.227. The third-order valence-corrected chi connectivity index (χ3v) is 6.37. The molecule has 3 aromatic heterocycles. The van der Waals surface area contributed by atoms with Crippen molar-refractivity contribution in [2.75, 3.05) is 16.3 Å². The zero-order chi connectivity index (χ0) is 23.0. The Morgan fingerprint density at radius 3 is 2.38 bits per heavy atom. The van der Waals surface area contributed by atoms with E-state index in [0.717, 1.165) is 21.7 Å². The number of rotatable bonds is 6. The number of nitrogens with zero attached hydrogens (tertiary/aromatic N) is 3. The molecular weight excluding hydrogens is 446 g/mol. The predicted molar refractivity (Wildman–Crippen MR) is 129 cm³/mol. The summed E-state index contributed by atoms with van der Waals surface area (Å²) in [6, 6.07) is 12.4. The predicted octanol–water partition coefficient (Wildman–Crippen LogP) is 4.67. The number of thiophene rings is 1. The number of benzene rings is 1. The van der Waals surface area contributed by atoms with Gasteiger partial charge in [-0.15, -0.1) is 11.3 Å². The van der Waals surface area contributed by atoms with Crippen molar-refractivity contribution >= 4 is 49.7 Å². The molecule has 0 bridgehead atoms. The fourth-order valence-corrected chi connectivity index (χ4v) is 4.71. The lowest BCUT2D eigenvalue weighted by Crippen LogP contribution is -2.14. The number of hydrogen-bond acceptors (Lipinski definition) is 6. The molecule has 0 atom stereocenters. The normalized spacial score (nSPS) is 11.8. The van der Waals surface area contributed by atoms with Gasteiger partial charge in [0.15, 0.2) is 5.65 Å². The van der Waals surface area contributed by atoms with E-state index >= 15 is 0 Å². The van der Waals surface area contributed by atoms with Crippen molar-refractivity contribution in [1.29, 1.82) is 0 Å². The van der Waals surface area contributed by atoms with Gasteiger partial charge in [-0.3, -0.25) is 9.52 Å². The van der Waals surface area contributed by atoms with Crippen LogP contribution in [0.1, 0.15) is 35.1 Å². The molecule has 0 fully saturated rings. The standard InChI is InChI=1S/C22H23N5O3S2/c1-13(2)27-21-18(12-23-27)17(11-19(25-21)20-10-5-14(3)31-20)22(28)24-15-6-8-16(9-7-15)26-32(4,29)30/h5-13,26H,1-4H3,(H,24,28). The molecule has 0 aliphatic rings. The molecule has 1 aromatic carbocycles. The zero-order valence-corrected chi connectivity index (χ0v) is 19.7. The van der Waals surface area contributed by atoms with Crippen LogP contribution in [0.25, 0.3) is 21.6 Å². The number of carbonyl (C=O) groups excluding carboxylic acids is 1. The molecule has 10 heteroatoms. The molecular formula is C22H23N5O3S2. The fourth-order valence-electron chi connectivity index (χ4n) is 3.32. The highest BCUT2D eigenvalue weighted by atomic mass is 32.2. The average Bonchev–Trinajstić information content (AvgIpc) is 3.33. The van der Waals surface area contributed by atoms with Crippen LogP contribution in [0.2, 0.25) is 0 Å². The second kappa shape index (κ2) is 8.36. The van der Waals surface area contributed by atoms with E-state index in [-0.39, 0.29) is 11.9 Å². The molecule has 1 amide bonds. The first-order chi connectivity index (χ1) is 15.1. The Kier molecular flexibility index (Phi) is 5.74. The van der Waals surface area contributed by atoms with Gasteiger partial charge in [0, 0.05) is 22.3 Å². The van der Waals surface area contributed by atoms with E-state index in [9.17, 15) is 13.2 Å². The highest BCUT2D eigenvalue weighted by Gasteiger charge is 2.19. The molecule has 2 N–H and O–H groups in total. The van der Waals surface area contributed by atoms with Crippen molar-refractivity contribution in [2.45, 2.75) is 26.8 Å². The van der Waals surface area contributed by atoms with Crippen LogP contribution < -0.4 is 10.0 Å². The molecule has 4 rings (SSSR count). The summed E-state index contributed by atoms with van der Waals surface area (Å²) in [5.74, 6) is -0.293. The Morgan fingerprint density at radius 1 is 1.09 bits per heavy atom. The highest BCUT2D eigenvalue weighted by Crippen LogP contribution is 2.31. The molecule has 4 aromatic rings. The first-order valence-corrected chi connectivity index (χ1v) is 12.7. The zero-order valence-electron chi connectivity index (χ0n) is 18.1. The van der Waals surface area contributed by atoms with Crippen molar-refractivity contribution in [1.82, 2.24) is 14.8 Å². The smallest absolute Gasteiger partial charge is 0.256 e. The van der Waals surface area contributed by atoms with Crippen LogP contribution in [0.3, 0.4) is 0 Å². The van der Waals surface area contributed by atoms with Crippen LogP contribution in [0.4, 0.5) is 11.4 Å². The van der Waals surface area contributed by atoms with E-state index in [2.05, 4.69) is 15.1 Å². The lowest BCUT2D eigenvalue weighted by atomic mass is 10.1. The highest BCUT2D eigenvalue weighted by molar-refractivity contribution is 7.92. The van der Waals surface area contributed by atoms with Gasteiger partial charge in [0.25, 0.3) is 5.91 Å². The molecule has 0 spiro atoms. The SMILES string of the molecule is Cc1ccc(-c2cc(C(=O)Nc3ccc(NS(C)(=O)=O)cc3)c3cnn(C(C)C)c3n2)s1. The minimum absolute atomic E-state index is 0.0890. The number of carbonyl (C=O) groups is 1. The van der Waals surface area contributed by atoms with Gasteiger partial charge in [0.1, 0.15) is 0 Å². The summed E-state index contributed by atoms with van der Waals surface area (Å²) in [6.07, 6.45) is 2.75. The van der Waals surface area contributed by atoms with Crippen LogP contribution >= 0.6 is 11.3 Å². The topological polar surface area (TPSA) is 106 Å². The first-order valence-electron chi connectivity index (χ1n) is 9.95. The van der Waals surface area contributed by atoms with Gasteiger partial charge in [-0.05, 0) is 63.2 Å². The van der Waals surface area contributed by atoms with E-state index in [4.69, 9.17) is 4.98 Å². The maximum Gasteiger partial charge on any atom is 0.256 e. The van der Waals surface area contributed by atoms with Crippen LogP contribution in [0, 0.1) is 6.92 Å². The maximum atomic E-state index is 13.2. The molecule has 0 aliphatic carbocycles. The molecule has 0 saturated carbocycles. The molecule has 0 saturated heterocycles. The van der Waals surface area contributed by atoms with Crippen LogP contribution in [-0.2, 0) is 10.0 Å². The molecule has 8 nitrogen and oxygen atoms in total. The Morgan fingerprint density at radius 2 is 1.78 bits per heavy atom. The van der Waals surface area contributed by atoms with Crippen molar-refractivity contribution in [3.05, 3.63) is 59.1 Å². The molecule has 32 heavy (non-hydrogen) atoms. The van der Waals surface area contributed by atoms with Gasteiger partial charge in [-0.1, -0.05) is 0 Å². The van der Waals surface area contributed by atoms with E-state index < -0.39 is 10.0 Å². The minimum Gasteiger partial charge on any atom is -0.322 e. The number of anilines is 2. The summed E-state index contributed by atoms with van der Waals surface area (Å²) in [4.78, 5) is 20.2. The number of aryl methyl sites for hydroxylation is 1. The number of fused-ring (bicyclic) bond motifs is 1. The van der Waals surface area contributed by atoms with E-state index in [0.29, 0.717) is 28.0 Å². The van der Waals surface area contributed by atoms with Gasteiger partial charge < -0.3 is 5.32 Å². The van der Waals surface area contributed by atoms with Gasteiger partial charge in [-0.2, -0.15) is 5.10 Å². The summed E-state index contributed by atoms with van der Waals surface area (Å²) in [5, 5.41) is 8.00. The number of hydrogen-bond donors (Lipinski definition) is 2. The van der Waals surface area contributed by atoms with Gasteiger partial charge in [-0.25, -0.2) is 18.1 Å². The number of amides is 1. The minimum atomic E-state index is -3.37. The maximum absolute atomic E-state index is 13.2. The molecule has 0 aliphatic heterocycles. The van der Waals surface area contributed by atoms with Crippen LogP contribution in [0.5, 0.6) is 0 Å². The van der Waals surface area contributed by atoms with Gasteiger partial charge in [0.2, 0.25) is 10.0 Å². The second-order valence-electron chi connectivity index (χ2n) is 7.79. The summed E-state index contributed by atoms with van der Waals surface area (Å²) >= 11 is 1.62. The third-order valence-electron chi connectivity index (χ3n) is 4.74. The Labute approximate surface area is 190 Å². The van der Waals surface area contributed by atoms with Crippen molar-refractivity contribution in [3.63, 3.8) is 0 Å². The van der Waals surface area contributed by atoms with E-state index in [1.165, 1.54) is 0 Å². The van der Waals surface area contributed by atoms with E-state index in [1.807, 2.05) is 37.6 Å². The molecule has 3 heterocycles. The summed E-state index contributed by atoms with van der Waals surface area (Å²) in [7, 11) is -3.37. The van der Waals surface area contributed by atoms with Crippen molar-refractivity contribution in [2.24, 2.45) is 0 Å². The largest absolute Gasteiger partial charge is 0.322 e. The average molecular weight is 470 g/mol. The molecule has 0 unspecified atom stereocenters. The molecule has 0 radical (unpaired) electrons. The lowest BCUT2D eigenvalue weighted by Gasteiger charge is -2.11. The number of aromatic nitrogens is 3. The van der Waals surface area contributed by atoms with Crippen molar-refractivity contribution in [3.8, 4) is 10.6 Å². The summed E-state index contributed by atoms with van der Waals surface area (Å²) in [6.45, 7) is 6.06. The Balaban J connectivity index is 1.71. The third kappa shape index (κ3) is 4.66. The summed E-state index contributed by atoms with van der Waals surface area (Å²) in [5.41, 5.74) is 2.81. The quantitative estimate of drug-likeness (QED) is 0.427. The second-order valence-corrected chi connectivity index (χ2v) is 10.8. The number of sulfonamides is 1. The van der Waals surface area contributed by atoms with Crippen LogP contribution in [0.15, 0.2) is 48.7 Å². The molecule has 166 valence electrons. The van der Waals surface area contributed by atoms with Gasteiger partial charge >= 0.3 is 0 Å². The van der Waals surface area contributed by atoms with Crippen molar-refractivity contribution < 1.29 is 13.2 Å². The van der Waals surface area contributed by atoms with Gasteiger partial charge in [0.05, 0.1) is 34.0 Å². The Bertz CT molecular complexity index is 1400. The first kappa shape index (κ1) is 22.0.